The van der Waals surface area contributed by atoms with E-state index in [2.05, 4.69) is 0 Å². The van der Waals surface area contributed by atoms with E-state index < -0.39 is 15.8 Å². The smallest absolute Gasteiger partial charge is 0.168 e. The number of hydrogen-bond acceptors (Lipinski definition) is 3. The van der Waals surface area contributed by atoms with Gasteiger partial charge in [-0.3, -0.25) is 15.7 Å². The summed E-state index contributed by atoms with van der Waals surface area (Å²) < 4.78 is 12.3. The van der Waals surface area contributed by atoms with Gasteiger partial charge in [0.1, 0.15) is 0 Å². The largest absolute Gasteiger partial charge is 0.299 e. The van der Waals surface area contributed by atoms with Crippen molar-refractivity contribution in [3.8, 4) is 0 Å². The average Bonchev–Trinajstić information content (AvgIpc) is 2.41. The summed E-state index contributed by atoms with van der Waals surface area (Å²) in [5, 5.41) is 0. The van der Waals surface area contributed by atoms with E-state index in [1.54, 1.807) is 12.1 Å². The van der Waals surface area contributed by atoms with Gasteiger partial charge in [-0.2, -0.15) is 0 Å². The summed E-state index contributed by atoms with van der Waals surface area (Å²) in [6, 6.07) is 18.7. The van der Waals surface area contributed by atoms with Crippen molar-refractivity contribution in [2.75, 3.05) is 0 Å². The SMILES string of the molecule is NC(N)(c1ccccc1)S(=O)Cc1ccccc1. The van der Waals surface area contributed by atoms with Crippen molar-refractivity contribution in [2.45, 2.75) is 10.7 Å². The molecule has 1 unspecified atom stereocenters. The van der Waals surface area contributed by atoms with E-state index in [9.17, 15) is 4.21 Å². The molecule has 0 fully saturated rings. The quantitative estimate of drug-likeness (QED) is 0.821. The Morgan fingerprint density at radius 1 is 0.889 bits per heavy atom. The number of rotatable bonds is 4. The molecule has 2 aromatic carbocycles. The highest BCUT2D eigenvalue weighted by Gasteiger charge is 2.29. The van der Waals surface area contributed by atoms with Crippen molar-refractivity contribution in [2.24, 2.45) is 11.5 Å². The summed E-state index contributed by atoms with van der Waals surface area (Å²) in [5.74, 6) is 0.350. The lowest BCUT2D eigenvalue weighted by Crippen LogP contribution is -2.50. The third-order valence-electron chi connectivity index (χ3n) is 2.74. The Bertz CT molecular complexity index is 526. The fraction of sp³-hybridized carbons (Fsp3) is 0.143. The predicted octanol–water partition coefficient (Wildman–Crippen LogP) is 1.66. The van der Waals surface area contributed by atoms with Gasteiger partial charge < -0.3 is 0 Å². The van der Waals surface area contributed by atoms with Gasteiger partial charge in [-0.05, 0) is 11.1 Å². The Morgan fingerprint density at radius 2 is 1.39 bits per heavy atom. The second-order valence-electron chi connectivity index (χ2n) is 4.13. The highest BCUT2D eigenvalue weighted by Crippen LogP contribution is 2.19. The molecule has 4 heteroatoms. The van der Waals surface area contributed by atoms with Crippen LogP contribution in [0.1, 0.15) is 11.1 Å². The van der Waals surface area contributed by atoms with Gasteiger partial charge >= 0.3 is 0 Å². The second-order valence-corrected chi connectivity index (χ2v) is 5.79. The van der Waals surface area contributed by atoms with E-state index in [-0.39, 0.29) is 0 Å². The molecule has 4 N–H and O–H groups in total. The second kappa shape index (κ2) is 5.44. The van der Waals surface area contributed by atoms with Crippen molar-refractivity contribution in [1.29, 1.82) is 0 Å². The maximum atomic E-state index is 12.3. The van der Waals surface area contributed by atoms with Crippen LogP contribution in [0.5, 0.6) is 0 Å². The van der Waals surface area contributed by atoms with Crippen LogP contribution in [-0.2, 0) is 21.5 Å². The normalized spacial score (nSPS) is 13.2. The zero-order valence-corrected chi connectivity index (χ0v) is 10.8. The maximum absolute atomic E-state index is 12.3. The molecule has 0 spiro atoms. The van der Waals surface area contributed by atoms with E-state index in [1.165, 1.54) is 0 Å². The molecule has 94 valence electrons. The molecule has 2 rings (SSSR count). The van der Waals surface area contributed by atoms with Gasteiger partial charge in [-0.1, -0.05) is 60.7 Å². The molecule has 3 nitrogen and oxygen atoms in total. The van der Waals surface area contributed by atoms with Crippen molar-refractivity contribution in [1.82, 2.24) is 0 Å². The first-order chi connectivity index (χ1) is 8.60. The minimum absolute atomic E-state index is 0.350. The summed E-state index contributed by atoms with van der Waals surface area (Å²) >= 11 is 0. The Morgan fingerprint density at radius 3 is 1.94 bits per heavy atom. The lowest BCUT2D eigenvalue weighted by molar-refractivity contribution is 0.612. The topological polar surface area (TPSA) is 69.1 Å². The van der Waals surface area contributed by atoms with Crippen LogP contribution in [-0.4, -0.2) is 4.21 Å². The van der Waals surface area contributed by atoms with Gasteiger partial charge in [0.2, 0.25) is 0 Å². The molecule has 0 aliphatic heterocycles. The molecule has 0 aliphatic rings. The van der Waals surface area contributed by atoms with E-state index in [1.807, 2.05) is 48.5 Å². The van der Waals surface area contributed by atoms with Crippen LogP contribution in [0.25, 0.3) is 0 Å². The van der Waals surface area contributed by atoms with Crippen LogP contribution in [0, 0.1) is 0 Å². The van der Waals surface area contributed by atoms with Gasteiger partial charge in [0.15, 0.2) is 4.99 Å². The summed E-state index contributed by atoms with van der Waals surface area (Å²) in [5.41, 5.74) is 13.7. The zero-order chi connectivity index (χ0) is 13.0. The van der Waals surface area contributed by atoms with E-state index in [0.29, 0.717) is 11.3 Å². The van der Waals surface area contributed by atoms with Crippen LogP contribution < -0.4 is 11.5 Å². The molecular weight excluding hydrogens is 244 g/mol. The molecule has 1 atom stereocenters. The molecule has 0 bridgehead atoms. The van der Waals surface area contributed by atoms with Gasteiger partial charge in [-0.25, -0.2) is 0 Å². The molecule has 0 aliphatic carbocycles. The minimum atomic E-state index is -1.38. The Labute approximate surface area is 109 Å². The first-order valence-electron chi connectivity index (χ1n) is 5.66. The summed E-state index contributed by atoms with van der Waals surface area (Å²) in [6.07, 6.45) is 0. The highest BCUT2D eigenvalue weighted by atomic mass is 32.2. The molecule has 18 heavy (non-hydrogen) atoms. The van der Waals surface area contributed by atoms with Crippen LogP contribution in [0.15, 0.2) is 60.7 Å². The fourth-order valence-corrected chi connectivity index (χ4v) is 2.81. The van der Waals surface area contributed by atoms with Gasteiger partial charge in [0.05, 0.1) is 16.6 Å². The van der Waals surface area contributed by atoms with Gasteiger partial charge in [0, 0.05) is 0 Å². The van der Waals surface area contributed by atoms with Crippen molar-refractivity contribution in [3.63, 3.8) is 0 Å². The van der Waals surface area contributed by atoms with E-state index in [4.69, 9.17) is 11.5 Å². The molecule has 0 amide bonds. The Balaban J connectivity index is 2.18. The predicted molar refractivity (Wildman–Crippen MR) is 74.8 cm³/mol. The van der Waals surface area contributed by atoms with Gasteiger partial charge in [-0.15, -0.1) is 0 Å². The molecule has 0 saturated carbocycles. The molecular formula is C14H16N2OS. The molecule has 0 radical (unpaired) electrons. The van der Waals surface area contributed by atoms with Crippen LogP contribution in [0.2, 0.25) is 0 Å². The average molecular weight is 260 g/mol. The summed E-state index contributed by atoms with van der Waals surface area (Å²) in [6.45, 7) is 0. The third-order valence-corrected chi connectivity index (χ3v) is 4.33. The zero-order valence-electron chi connectivity index (χ0n) is 9.95. The lowest BCUT2D eigenvalue weighted by atomic mass is 10.2. The molecule has 0 aromatic heterocycles. The Kier molecular flexibility index (Phi) is 3.91. The first kappa shape index (κ1) is 13.0. The number of benzene rings is 2. The number of nitrogens with two attached hydrogens (primary N) is 2. The first-order valence-corrected chi connectivity index (χ1v) is 6.98. The molecule has 2 aromatic rings. The summed E-state index contributed by atoms with van der Waals surface area (Å²) in [4.78, 5) is -1.32. The van der Waals surface area contributed by atoms with Crippen molar-refractivity contribution >= 4 is 10.8 Å². The van der Waals surface area contributed by atoms with Gasteiger partial charge in [0.25, 0.3) is 0 Å². The maximum Gasteiger partial charge on any atom is 0.168 e. The number of hydrogen-bond donors (Lipinski definition) is 2. The summed E-state index contributed by atoms with van der Waals surface area (Å²) in [7, 11) is -1.38. The van der Waals surface area contributed by atoms with Crippen LogP contribution in [0.3, 0.4) is 0 Å². The standard InChI is InChI=1S/C14H16N2OS/c15-14(16,13-9-5-2-6-10-13)18(17)11-12-7-3-1-4-8-12/h1-10H,11,15-16H2. The fourth-order valence-electron chi connectivity index (χ4n) is 1.68. The molecule has 0 heterocycles. The van der Waals surface area contributed by atoms with Crippen LogP contribution in [0.4, 0.5) is 0 Å². The van der Waals surface area contributed by atoms with Crippen LogP contribution >= 0.6 is 0 Å². The monoisotopic (exact) mass is 260 g/mol. The molecule has 0 saturated heterocycles. The Hall–Kier alpha value is -1.49. The third kappa shape index (κ3) is 2.85. The lowest BCUT2D eigenvalue weighted by Gasteiger charge is -2.24. The van der Waals surface area contributed by atoms with E-state index in [0.717, 1.165) is 5.56 Å². The van der Waals surface area contributed by atoms with E-state index >= 15 is 0 Å². The highest BCUT2D eigenvalue weighted by molar-refractivity contribution is 7.85. The minimum Gasteiger partial charge on any atom is -0.299 e. The van der Waals surface area contributed by atoms with Crippen molar-refractivity contribution in [3.05, 3.63) is 71.8 Å². The van der Waals surface area contributed by atoms with Crippen molar-refractivity contribution < 1.29 is 4.21 Å².